The van der Waals surface area contributed by atoms with Crippen molar-refractivity contribution in [3.8, 4) is 11.5 Å². The van der Waals surface area contributed by atoms with E-state index >= 15 is 0 Å². The number of carboxylic acids is 1. The summed E-state index contributed by atoms with van der Waals surface area (Å²) in [5, 5.41) is 13.5. The fourth-order valence-electron chi connectivity index (χ4n) is 3.71. The number of hydrogen-bond acceptors (Lipinski definition) is 5. The second kappa shape index (κ2) is 13.4. The van der Waals surface area contributed by atoms with Gasteiger partial charge in [0.15, 0.2) is 5.11 Å². The summed E-state index contributed by atoms with van der Waals surface area (Å²) in [7, 11) is 0. The molecule has 7 nitrogen and oxygen atoms in total. The Morgan fingerprint density at radius 3 is 2.14 bits per heavy atom. The van der Waals surface area contributed by atoms with E-state index in [4.69, 9.17) is 21.7 Å². The number of para-hydroxylation sites is 1. The van der Waals surface area contributed by atoms with Crippen LogP contribution in [0.5, 0.6) is 11.5 Å². The molecule has 0 aliphatic carbocycles. The number of thiocarbonyl (C=S) groups is 1. The molecule has 0 saturated carbocycles. The molecule has 0 spiro atoms. The lowest BCUT2D eigenvalue weighted by Crippen LogP contribution is -2.47. The van der Waals surface area contributed by atoms with Crippen LogP contribution in [0.1, 0.15) is 43.1 Å². The molecule has 1 unspecified atom stereocenters. The molecule has 1 atom stereocenters. The highest BCUT2D eigenvalue weighted by molar-refractivity contribution is 7.80. The Labute approximate surface area is 223 Å². The number of aliphatic carboxylic acids is 1. The molecule has 3 aromatic rings. The predicted molar refractivity (Wildman–Crippen MR) is 148 cm³/mol. The van der Waals surface area contributed by atoms with Crippen molar-refractivity contribution in [1.29, 1.82) is 0 Å². The number of carbonyl (C=O) groups excluding carboxylic acids is 1. The second-order valence-electron chi connectivity index (χ2n) is 8.90. The lowest BCUT2D eigenvalue weighted by molar-refractivity contribution is -0.142. The Morgan fingerprint density at radius 1 is 0.946 bits per heavy atom. The number of carboxylic acid groups (broad SMARTS) is 1. The van der Waals surface area contributed by atoms with Crippen LogP contribution < -0.4 is 10.1 Å². The van der Waals surface area contributed by atoms with Gasteiger partial charge in [0.2, 0.25) is 0 Å². The summed E-state index contributed by atoms with van der Waals surface area (Å²) in [4.78, 5) is 25.9. The first-order valence-corrected chi connectivity index (χ1v) is 12.6. The fraction of sp³-hybridized carbons (Fsp3) is 0.276. The molecule has 0 bridgehead atoms. The van der Waals surface area contributed by atoms with Gasteiger partial charge in [-0.15, -0.1) is 0 Å². The quantitative estimate of drug-likeness (QED) is 0.223. The van der Waals surface area contributed by atoms with Gasteiger partial charge < -0.3 is 24.8 Å². The van der Waals surface area contributed by atoms with E-state index < -0.39 is 18.0 Å². The van der Waals surface area contributed by atoms with Crippen LogP contribution in [0.4, 0.5) is 5.69 Å². The third kappa shape index (κ3) is 8.32. The first-order valence-electron chi connectivity index (χ1n) is 12.2. The Hall–Kier alpha value is -3.91. The summed E-state index contributed by atoms with van der Waals surface area (Å²) in [6, 6.07) is 22.9. The van der Waals surface area contributed by atoms with E-state index in [9.17, 15) is 14.7 Å². The molecule has 0 amide bonds. The zero-order valence-corrected chi connectivity index (χ0v) is 22.0. The highest BCUT2D eigenvalue weighted by atomic mass is 32.1. The number of anilines is 1. The topological polar surface area (TPSA) is 88.1 Å². The first kappa shape index (κ1) is 27.7. The number of carbonyl (C=O) groups is 2. The minimum absolute atomic E-state index is 0.145. The summed E-state index contributed by atoms with van der Waals surface area (Å²) in [6.07, 6.45) is 0.419. The Balaban J connectivity index is 1.77. The lowest BCUT2D eigenvalue weighted by Gasteiger charge is -2.32. The molecule has 0 heterocycles. The molecular formula is C29H32N2O5S. The predicted octanol–water partition coefficient (Wildman–Crippen LogP) is 6.35. The number of esters is 1. The van der Waals surface area contributed by atoms with Crippen molar-refractivity contribution in [3.63, 3.8) is 0 Å². The van der Waals surface area contributed by atoms with Crippen LogP contribution in [-0.4, -0.2) is 39.7 Å². The Kier molecular flexibility index (Phi) is 10.0. The third-order valence-corrected chi connectivity index (χ3v) is 5.86. The Bertz CT molecular complexity index is 1180. The molecule has 2 N–H and O–H groups in total. The van der Waals surface area contributed by atoms with E-state index in [-0.39, 0.29) is 12.5 Å². The van der Waals surface area contributed by atoms with Gasteiger partial charge >= 0.3 is 11.9 Å². The van der Waals surface area contributed by atoms with Gasteiger partial charge in [0.05, 0.1) is 12.2 Å². The molecule has 0 aromatic heterocycles. The largest absolute Gasteiger partial charge is 0.480 e. The minimum Gasteiger partial charge on any atom is -0.480 e. The van der Waals surface area contributed by atoms with E-state index in [2.05, 4.69) is 5.32 Å². The van der Waals surface area contributed by atoms with Crippen LogP contribution in [0.25, 0.3) is 0 Å². The summed E-state index contributed by atoms with van der Waals surface area (Å²) >= 11 is 5.69. The van der Waals surface area contributed by atoms with Crippen LogP contribution in [0.2, 0.25) is 0 Å². The Morgan fingerprint density at radius 2 is 1.57 bits per heavy atom. The molecule has 3 rings (SSSR count). The summed E-state index contributed by atoms with van der Waals surface area (Å²) in [5.74, 6) is 0.201. The molecule has 0 aliphatic rings. The van der Waals surface area contributed by atoms with Crippen molar-refractivity contribution in [2.24, 2.45) is 5.92 Å². The SMILES string of the molecule is CCOC(=O)c1ccc(CN(C(=S)Nc2ccc(Oc3ccccc3)cc2)C(CC(C)C)C(=O)O)cc1. The molecule has 8 heteroatoms. The van der Waals surface area contributed by atoms with Crippen molar-refractivity contribution < 1.29 is 24.2 Å². The minimum atomic E-state index is -0.951. The number of nitrogens with one attached hydrogen (secondary N) is 1. The maximum absolute atomic E-state index is 12.3. The second-order valence-corrected chi connectivity index (χ2v) is 9.29. The third-order valence-electron chi connectivity index (χ3n) is 5.52. The van der Waals surface area contributed by atoms with Gasteiger partial charge in [0.1, 0.15) is 17.5 Å². The van der Waals surface area contributed by atoms with Gasteiger partial charge in [-0.3, -0.25) is 0 Å². The molecule has 37 heavy (non-hydrogen) atoms. The number of ether oxygens (including phenoxy) is 2. The number of nitrogens with zero attached hydrogens (tertiary/aromatic N) is 1. The fourth-order valence-corrected chi connectivity index (χ4v) is 4.02. The summed E-state index contributed by atoms with van der Waals surface area (Å²) < 4.78 is 10.9. The molecular weight excluding hydrogens is 488 g/mol. The smallest absolute Gasteiger partial charge is 0.338 e. The van der Waals surface area contributed by atoms with E-state index in [0.29, 0.717) is 35.1 Å². The van der Waals surface area contributed by atoms with Crippen molar-refractivity contribution in [2.45, 2.75) is 39.8 Å². The molecule has 194 valence electrons. The first-order chi connectivity index (χ1) is 17.8. The van der Waals surface area contributed by atoms with Crippen LogP contribution in [0, 0.1) is 5.92 Å². The maximum Gasteiger partial charge on any atom is 0.338 e. The zero-order valence-electron chi connectivity index (χ0n) is 21.2. The van der Waals surface area contributed by atoms with Crippen molar-refractivity contribution in [1.82, 2.24) is 4.90 Å². The zero-order chi connectivity index (χ0) is 26.8. The van der Waals surface area contributed by atoms with Gasteiger partial charge in [0.25, 0.3) is 0 Å². The lowest BCUT2D eigenvalue weighted by atomic mass is 10.0. The average molecular weight is 521 g/mol. The van der Waals surface area contributed by atoms with Crippen LogP contribution in [-0.2, 0) is 16.1 Å². The normalized spacial score (nSPS) is 11.5. The van der Waals surface area contributed by atoms with Crippen molar-refractivity contribution in [3.05, 3.63) is 90.0 Å². The van der Waals surface area contributed by atoms with Crippen LogP contribution in [0.15, 0.2) is 78.9 Å². The van der Waals surface area contributed by atoms with E-state index in [1.807, 2.05) is 68.4 Å². The van der Waals surface area contributed by atoms with Gasteiger partial charge in [-0.25, -0.2) is 9.59 Å². The molecule has 0 fully saturated rings. The average Bonchev–Trinajstić information content (AvgIpc) is 2.88. The summed E-state index contributed by atoms with van der Waals surface area (Å²) in [6.45, 7) is 6.26. The maximum atomic E-state index is 12.3. The highest BCUT2D eigenvalue weighted by Gasteiger charge is 2.29. The van der Waals surface area contributed by atoms with Crippen molar-refractivity contribution >= 4 is 35.0 Å². The highest BCUT2D eigenvalue weighted by Crippen LogP contribution is 2.24. The standard InChI is InChI=1S/C29H32N2O5S/c1-4-35-28(34)22-12-10-21(11-13-22)19-31(26(27(32)33)18-20(2)3)29(37)30-23-14-16-25(17-15-23)36-24-8-6-5-7-9-24/h5-17,20,26H,4,18-19H2,1-3H3,(H,30,37)(H,32,33). The number of hydrogen-bond donors (Lipinski definition) is 2. The monoisotopic (exact) mass is 520 g/mol. The number of benzene rings is 3. The van der Waals surface area contributed by atoms with E-state index in [1.54, 1.807) is 36.1 Å². The molecule has 0 radical (unpaired) electrons. The van der Waals surface area contributed by atoms with Gasteiger partial charge in [-0.2, -0.15) is 0 Å². The number of rotatable bonds is 11. The van der Waals surface area contributed by atoms with Crippen LogP contribution in [0.3, 0.4) is 0 Å². The molecule has 0 saturated heterocycles. The van der Waals surface area contributed by atoms with E-state index in [1.165, 1.54) is 0 Å². The summed E-state index contributed by atoms with van der Waals surface area (Å²) in [5.41, 5.74) is 1.97. The molecule has 3 aromatic carbocycles. The van der Waals surface area contributed by atoms with Crippen molar-refractivity contribution in [2.75, 3.05) is 11.9 Å². The van der Waals surface area contributed by atoms with Gasteiger partial charge in [-0.1, -0.05) is 44.2 Å². The van der Waals surface area contributed by atoms with E-state index in [0.717, 1.165) is 11.3 Å². The van der Waals surface area contributed by atoms with Crippen LogP contribution >= 0.6 is 12.2 Å². The van der Waals surface area contributed by atoms with Gasteiger partial charge in [-0.05, 0) is 85.6 Å². The molecule has 0 aliphatic heterocycles. The van der Waals surface area contributed by atoms with Gasteiger partial charge in [0, 0.05) is 12.2 Å².